The molecule has 0 spiro atoms. The maximum absolute atomic E-state index is 12.0. The van der Waals surface area contributed by atoms with Crippen LogP contribution in [0.15, 0.2) is 12.2 Å². The fraction of sp³-hybridized carbons (Fsp3) is 0.826. The molecule has 0 heterocycles. The number of carbonyl (C=O) groups excluding carboxylic acids is 1. The lowest BCUT2D eigenvalue weighted by molar-refractivity contribution is -0.873. The number of carbonyl (C=O) groups is 2. The van der Waals surface area contributed by atoms with Gasteiger partial charge in [0, 0.05) is 6.42 Å². The number of aliphatic carboxylic acids is 1. The Bertz CT molecular complexity index is 440. The second kappa shape index (κ2) is 16.6. The predicted octanol–water partition coefficient (Wildman–Crippen LogP) is 5.34. The number of hydrogen-bond acceptors (Lipinski definition) is 3. The Balaban J connectivity index is 3.69. The van der Waals surface area contributed by atoms with Crippen LogP contribution >= 0.6 is 0 Å². The molecule has 1 unspecified atom stereocenters. The van der Waals surface area contributed by atoms with Crippen molar-refractivity contribution in [2.45, 2.75) is 96.5 Å². The van der Waals surface area contributed by atoms with E-state index in [9.17, 15) is 9.59 Å². The van der Waals surface area contributed by atoms with Crippen molar-refractivity contribution < 1.29 is 23.9 Å². The molecule has 0 saturated carbocycles. The number of quaternary nitrogens is 1. The zero-order valence-electron chi connectivity index (χ0n) is 18.8. The lowest BCUT2D eigenvalue weighted by Gasteiger charge is -2.28. The van der Waals surface area contributed by atoms with Crippen molar-refractivity contribution in [3.63, 3.8) is 0 Å². The summed E-state index contributed by atoms with van der Waals surface area (Å²) < 4.78 is 5.97. The summed E-state index contributed by atoms with van der Waals surface area (Å²) in [4.78, 5) is 23.0. The van der Waals surface area contributed by atoms with Crippen molar-refractivity contribution >= 4 is 11.9 Å². The van der Waals surface area contributed by atoms with Gasteiger partial charge in [-0.2, -0.15) is 0 Å². The highest BCUT2D eigenvalue weighted by Crippen LogP contribution is 2.12. The molecule has 0 aromatic carbocycles. The Hall–Kier alpha value is -1.36. The first-order valence-electron chi connectivity index (χ1n) is 11.1. The van der Waals surface area contributed by atoms with Crippen molar-refractivity contribution in [3.8, 4) is 0 Å². The number of allylic oxidation sites excluding steroid dienone is 2. The van der Waals surface area contributed by atoms with E-state index in [0.29, 0.717) is 17.4 Å². The average Bonchev–Trinajstić information content (AvgIpc) is 2.56. The average molecular weight is 399 g/mol. The minimum Gasteiger partial charge on any atom is -0.481 e. The van der Waals surface area contributed by atoms with Gasteiger partial charge >= 0.3 is 11.9 Å². The van der Waals surface area contributed by atoms with Crippen LogP contribution in [0.3, 0.4) is 0 Å². The molecule has 0 fully saturated rings. The number of ether oxygens (including phenoxy) is 1. The van der Waals surface area contributed by atoms with Crippen LogP contribution in [0, 0.1) is 0 Å². The number of carboxylic acid groups (broad SMARTS) is 1. The minimum absolute atomic E-state index is 0.130. The summed E-state index contributed by atoms with van der Waals surface area (Å²) in [5, 5.41) is 8.99. The summed E-state index contributed by atoms with van der Waals surface area (Å²) in [6.07, 6.45) is 17.3. The fourth-order valence-corrected chi connectivity index (χ4v) is 3.17. The van der Waals surface area contributed by atoms with Crippen LogP contribution in [0.5, 0.6) is 0 Å². The lowest BCUT2D eigenvalue weighted by Crippen LogP contribution is -2.43. The molecular formula is C23H44NO4+. The summed E-state index contributed by atoms with van der Waals surface area (Å²) in [5.74, 6) is -1.20. The molecule has 0 aromatic rings. The van der Waals surface area contributed by atoms with Gasteiger partial charge in [0.15, 0.2) is 6.10 Å². The van der Waals surface area contributed by atoms with Gasteiger partial charge in [0.05, 0.1) is 27.6 Å². The van der Waals surface area contributed by atoms with E-state index in [0.717, 1.165) is 19.3 Å². The molecular weight excluding hydrogens is 354 g/mol. The van der Waals surface area contributed by atoms with Crippen molar-refractivity contribution in [2.75, 3.05) is 27.7 Å². The van der Waals surface area contributed by atoms with Crippen LogP contribution in [-0.4, -0.2) is 55.3 Å². The highest BCUT2D eigenvalue weighted by Gasteiger charge is 2.24. The highest BCUT2D eigenvalue weighted by molar-refractivity contribution is 5.71. The number of rotatable bonds is 18. The Morgan fingerprint density at radius 3 is 1.96 bits per heavy atom. The van der Waals surface area contributed by atoms with Crippen molar-refractivity contribution in [3.05, 3.63) is 12.2 Å². The summed E-state index contributed by atoms with van der Waals surface area (Å²) in [5.41, 5.74) is 0. The van der Waals surface area contributed by atoms with Crippen LogP contribution in [0.25, 0.3) is 0 Å². The quantitative estimate of drug-likeness (QED) is 0.147. The Morgan fingerprint density at radius 2 is 1.43 bits per heavy atom. The smallest absolute Gasteiger partial charge is 0.307 e. The number of unbranched alkanes of at least 4 members (excludes halogenated alkanes) is 9. The molecule has 0 aromatic heterocycles. The first kappa shape index (κ1) is 26.6. The third-order valence-corrected chi connectivity index (χ3v) is 4.59. The molecule has 0 saturated heterocycles. The van der Waals surface area contributed by atoms with E-state index >= 15 is 0 Å². The first-order valence-corrected chi connectivity index (χ1v) is 11.1. The van der Waals surface area contributed by atoms with Gasteiger partial charge in [0.2, 0.25) is 0 Å². The second-order valence-corrected chi connectivity index (χ2v) is 8.81. The van der Waals surface area contributed by atoms with E-state index in [2.05, 4.69) is 19.1 Å². The number of nitrogens with zero attached hydrogens (tertiary/aromatic N) is 1. The fourth-order valence-electron chi connectivity index (χ4n) is 3.17. The molecule has 5 heteroatoms. The zero-order chi connectivity index (χ0) is 21.3. The van der Waals surface area contributed by atoms with Crippen LogP contribution in [0.1, 0.15) is 90.4 Å². The van der Waals surface area contributed by atoms with Gasteiger partial charge in [-0.15, -0.1) is 0 Å². The summed E-state index contributed by atoms with van der Waals surface area (Å²) in [6.45, 7) is 2.73. The Morgan fingerprint density at radius 1 is 0.893 bits per heavy atom. The molecule has 0 aliphatic carbocycles. The second-order valence-electron chi connectivity index (χ2n) is 8.81. The predicted molar refractivity (Wildman–Crippen MR) is 115 cm³/mol. The van der Waals surface area contributed by atoms with Crippen LogP contribution in [0.4, 0.5) is 0 Å². The number of hydrogen-bond donors (Lipinski definition) is 1. The van der Waals surface area contributed by atoms with E-state index < -0.39 is 12.1 Å². The van der Waals surface area contributed by atoms with Gasteiger partial charge in [-0.3, -0.25) is 9.59 Å². The molecule has 28 heavy (non-hydrogen) atoms. The minimum atomic E-state index is -0.928. The van der Waals surface area contributed by atoms with Crippen molar-refractivity contribution in [2.24, 2.45) is 0 Å². The molecule has 0 amide bonds. The third kappa shape index (κ3) is 19.4. The lowest BCUT2D eigenvalue weighted by atomic mass is 10.1. The number of esters is 1. The van der Waals surface area contributed by atoms with E-state index in [1.807, 2.05) is 21.1 Å². The SMILES string of the molecule is CCCC/C=C/CCCCCCCCCC(=O)OC(CC(=O)O)C[N+](C)(C)C. The van der Waals surface area contributed by atoms with Gasteiger partial charge in [0.25, 0.3) is 0 Å². The standard InChI is InChI=1S/C23H43NO4/c1-5-6-7-8-9-10-11-12-13-14-15-16-17-18-23(27)28-21(19-22(25)26)20-24(2,3)4/h8-9,21H,5-7,10-20H2,1-4H3/p+1/b9-8+. The van der Waals surface area contributed by atoms with Crippen molar-refractivity contribution in [1.29, 1.82) is 0 Å². The summed E-state index contributed by atoms with van der Waals surface area (Å²) in [7, 11) is 5.89. The van der Waals surface area contributed by atoms with E-state index in [4.69, 9.17) is 9.84 Å². The van der Waals surface area contributed by atoms with Gasteiger partial charge < -0.3 is 14.3 Å². The third-order valence-electron chi connectivity index (χ3n) is 4.59. The highest BCUT2D eigenvalue weighted by atomic mass is 16.5. The largest absolute Gasteiger partial charge is 0.481 e. The summed E-state index contributed by atoms with van der Waals surface area (Å²) >= 11 is 0. The van der Waals surface area contributed by atoms with Gasteiger partial charge in [-0.1, -0.05) is 64.0 Å². The van der Waals surface area contributed by atoms with E-state index in [-0.39, 0.29) is 12.4 Å². The molecule has 0 bridgehead atoms. The molecule has 0 aliphatic rings. The monoisotopic (exact) mass is 398 g/mol. The normalized spacial score (nSPS) is 13.0. The topological polar surface area (TPSA) is 63.6 Å². The Kier molecular flexibility index (Phi) is 15.8. The molecule has 5 nitrogen and oxygen atoms in total. The van der Waals surface area contributed by atoms with Crippen LogP contribution in [0.2, 0.25) is 0 Å². The van der Waals surface area contributed by atoms with Gasteiger partial charge in [-0.25, -0.2) is 0 Å². The Labute approximate surface area is 172 Å². The van der Waals surface area contributed by atoms with Crippen LogP contribution < -0.4 is 0 Å². The van der Waals surface area contributed by atoms with E-state index in [1.165, 1.54) is 51.4 Å². The number of likely N-dealkylation sites (N-methyl/N-ethyl adjacent to an activating group) is 1. The maximum atomic E-state index is 12.0. The molecule has 0 rings (SSSR count). The molecule has 0 radical (unpaired) electrons. The molecule has 1 N–H and O–H groups in total. The van der Waals surface area contributed by atoms with Gasteiger partial charge in [-0.05, 0) is 25.7 Å². The molecule has 0 aliphatic heterocycles. The van der Waals surface area contributed by atoms with Crippen molar-refractivity contribution in [1.82, 2.24) is 0 Å². The number of carboxylic acids is 1. The molecule has 1 atom stereocenters. The van der Waals surface area contributed by atoms with Crippen LogP contribution in [-0.2, 0) is 14.3 Å². The van der Waals surface area contributed by atoms with Gasteiger partial charge in [0.1, 0.15) is 6.54 Å². The molecule has 164 valence electrons. The first-order chi connectivity index (χ1) is 13.2. The maximum Gasteiger partial charge on any atom is 0.307 e. The zero-order valence-corrected chi connectivity index (χ0v) is 18.8. The van der Waals surface area contributed by atoms with E-state index in [1.54, 1.807) is 0 Å². The summed E-state index contributed by atoms with van der Waals surface area (Å²) in [6, 6.07) is 0.